The maximum Gasteiger partial charge on any atom is 0.318 e. The molecule has 114 valence electrons. The van der Waals surface area contributed by atoms with Crippen molar-refractivity contribution in [3.8, 4) is 5.75 Å². The van der Waals surface area contributed by atoms with Crippen molar-refractivity contribution in [2.24, 2.45) is 0 Å². The molecule has 1 aromatic rings. The minimum atomic E-state index is 0.0203. The molecule has 0 saturated carbocycles. The largest absolute Gasteiger partial charge is 0.497 e. The van der Waals surface area contributed by atoms with Crippen LogP contribution in [0.1, 0.15) is 30.0 Å². The summed E-state index contributed by atoms with van der Waals surface area (Å²) in [4.78, 5) is 14.2. The Morgan fingerprint density at radius 1 is 1.38 bits per heavy atom. The van der Waals surface area contributed by atoms with Gasteiger partial charge in [0.1, 0.15) is 5.75 Å². The van der Waals surface area contributed by atoms with Gasteiger partial charge in [0, 0.05) is 13.1 Å². The van der Waals surface area contributed by atoms with E-state index in [0.717, 1.165) is 25.0 Å². The molecule has 1 saturated heterocycles. The highest BCUT2D eigenvalue weighted by atomic mass is 16.5. The van der Waals surface area contributed by atoms with Crippen molar-refractivity contribution in [1.29, 1.82) is 0 Å². The van der Waals surface area contributed by atoms with Crippen LogP contribution in [-0.4, -0.2) is 44.3 Å². The Hall–Kier alpha value is -1.75. The molecule has 1 atom stereocenters. The summed E-state index contributed by atoms with van der Waals surface area (Å²) in [7, 11) is 1.68. The van der Waals surface area contributed by atoms with E-state index in [0.29, 0.717) is 26.3 Å². The molecule has 5 nitrogen and oxygen atoms in total. The number of nitrogens with one attached hydrogen (secondary N) is 1. The number of rotatable bonds is 2. The summed E-state index contributed by atoms with van der Waals surface area (Å²) in [5.41, 5.74) is 2.51. The lowest BCUT2D eigenvalue weighted by Gasteiger charge is -2.31. The quantitative estimate of drug-likeness (QED) is 0.907. The number of urea groups is 1. The lowest BCUT2D eigenvalue weighted by molar-refractivity contribution is 0.0523. The van der Waals surface area contributed by atoms with E-state index < -0.39 is 0 Å². The van der Waals surface area contributed by atoms with E-state index in [1.54, 1.807) is 7.11 Å². The normalized spacial score (nSPS) is 21.6. The minimum absolute atomic E-state index is 0.0203. The van der Waals surface area contributed by atoms with Crippen LogP contribution < -0.4 is 10.1 Å². The van der Waals surface area contributed by atoms with Gasteiger partial charge in [-0.25, -0.2) is 4.79 Å². The number of fused-ring (bicyclic) bond motifs is 1. The standard InChI is InChI=1S/C16H22N2O3/c1-20-13-5-6-14-12(11-13)3-2-4-15(14)17-16(19)18-7-9-21-10-8-18/h5-6,11,15H,2-4,7-10H2,1H3,(H,17,19)/t15-/m0/s1. The van der Waals surface area contributed by atoms with Crippen LogP contribution in [-0.2, 0) is 11.2 Å². The van der Waals surface area contributed by atoms with Gasteiger partial charge in [-0.15, -0.1) is 0 Å². The second-order valence-electron chi connectivity index (χ2n) is 5.56. The number of carbonyl (C=O) groups excluding carboxylic acids is 1. The molecule has 2 amide bonds. The summed E-state index contributed by atoms with van der Waals surface area (Å²) in [6, 6.07) is 6.26. The summed E-state index contributed by atoms with van der Waals surface area (Å²) >= 11 is 0. The zero-order valence-electron chi connectivity index (χ0n) is 12.4. The van der Waals surface area contributed by atoms with Crippen LogP contribution in [0.25, 0.3) is 0 Å². The molecule has 1 aromatic carbocycles. The van der Waals surface area contributed by atoms with Crippen molar-refractivity contribution in [2.45, 2.75) is 25.3 Å². The topological polar surface area (TPSA) is 50.8 Å². The second-order valence-corrected chi connectivity index (χ2v) is 5.56. The number of aryl methyl sites for hydroxylation is 1. The van der Waals surface area contributed by atoms with Gasteiger partial charge in [-0.3, -0.25) is 0 Å². The average molecular weight is 290 g/mol. The highest BCUT2D eigenvalue weighted by Crippen LogP contribution is 2.32. The van der Waals surface area contributed by atoms with Crippen molar-refractivity contribution in [1.82, 2.24) is 10.2 Å². The van der Waals surface area contributed by atoms with Gasteiger partial charge < -0.3 is 19.7 Å². The van der Waals surface area contributed by atoms with Crippen molar-refractivity contribution in [3.63, 3.8) is 0 Å². The van der Waals surface area contributed by atoms with Crippen LogP contribution in [0.4, 0.5) is 4.79 Å². The van der Waals surface area contributed by atoms with E-state index >= 15 is 0 Å². The van der Waals surface area contributed by atoms with Crippen LogP contribution in [0.2, 0.25) is 0 Å². The fraction of sp³-hybridized carbons (Fsp3) is 0.562. The molecule has 2 aliphatic rings. The number of benzene rings is 1. The third-order valence-electron chi connectivity index (χ3n) is 4.26. The van der Waals surface area contributed by atoms with Crippen LogP contribution in [0.15, 0.2) is 18.2 Å². The number of methoxy groups -OCH3 is 1. The molecule has 1 aliphatic carbocycles. The van der Waals surface area contributed by atoms with Crippen molar-refractivity contribution in [2.75, 3.05) is 33.4 Å². The van der Waals surface area contributed by atoms with Crippen molar-refractivity contribution >= 4 is 6.03 Å². The number of morpholine rings is 1. The summed E-state index contributed by atoms with van der Waals surface area (Å²) in [5, 5.41) is 3.17. The maximum absolute atomic E-state index is 12.3. The molecule has 0 aromatic heterocycles. The summed E-state index contributed by atoms with van der Waals surface area (Å²) in [5.74, 6) is 0.883. The van der Waals surface area contributed by atoms with Gasteiger partial charge in [0.2, 0.25) is 0 Å². The predicted octanol–water partition coefficient (Wildman–Crippen LogP) is 2.11. The number of amides is 2. The first kappa shape index (κ1) is 14.2. The van der Waals surface area contributed by atoms with E-state index in [1.807, 2.05) is 11.0 Å². The van der Waals surface area contributed by atoms with Gasteiger partial charge in [-0.05, 0) is 42.5 Å². The summed E-state index contributed by atoms with van der Waals surface area (Å²) < 4.78 is 10.6. The third-order valence-corrected chi connectivity index (χ3v) is 4.26. The highest BCUT2D eigenvalue weighted by molar-refractivity contribution is 5.75. The SMILES string of the molecule is COc1ccc2c(c1)CCC[C@@H]2NC(=O)N1CCOCC1. The van der Waals surface area contributed by atoms with Gasteiger partial charge in [-0.1, -0.05) is 6.07 Å². The van der Waals surface area contributed by atoms with Crippen LogP contribution in [0, 0.1) is 0 Å². The molecular formula is C16H22N2O3. The fourth-order valence-electron chi connectivity index (χ4n) is 3.07. The monoisotopic (exact) mass is 290 g/mol. The van der Waals surface area contributed by atoms with E-state index in [9.17, 15) is 4.79 Å². The molecule has 1 fully saturated rings. The zero-order valence-corrected chi connectivity index (χ0v) is 12.4. The van der Waals surface area contributed by atoms with E-state index in [-0.39, 0.29) is 12.1 Å². The Morgan fingerprint density at radius 2 is 2.19 bits per heavy atom. The van der Waals surface area contributed by atoms with Crippen molar-refractivity contribution in [3.05, 3.63) is 29.3 Å². The highest BCUT2D eigenvalue weighted by Gasteiger charge is 2.25. The number of hydrogen-bond donors (Lipinski definition) is 1. The Balaban J connectivity index is 1.71. The summed E-state index contributed by atoms with van der Waals surface area (Å²) in [6.45, 7) is 2.61. The van der Waals surface area contributed by atoms with Gasteiger partial charge in [0.25, 0.3) is 0 Å². The number of ether oxygens (including phenoxy) is 2. The Kier molecular flexibility index (Phi) is 4.29. The van der Waals surface area contributed by atoms with Crippen LogP contribution >= 0.6 is 0 Å². The molecule has 0 radical (unpaired) electrons. The van der Waals surface area contributed by atoms with E-state index in [4.69, 9.17) is 9.47 Å². The van der Waals surface area contributed by atoms with Gasteiger partial charge in [0.05, 0.1) is 26.4 Å². The molecule has 0 unspecified atom stereocenters. The predicted molar refractivity (Wildman–Crippen MR) is 79.6 cm³/mol. The first-order valence-corrected chi connectivity index (χ1v) is 7.58. The lowest BCUT2D eigenvalue weighted by Crippen LogP contribution is -2.47. The molecular weight excluding hydrogens is 268 g/mol. The van der Waals surface area contributed by atoms with Gasteiger partial charge in [0.15, 0.2) is 0 Å². The Bertz CT molecular complexity index is 512. The first-order valence-electron chi connectivity index (χ1n) is 7.58. The van der Waals surface area contributed by atoms with Gasteiger partial charge in [-0.2, -0.15) is 0 Å². The second kappa shape index (κ2) is 6.35. The zero-order chi connectivity index (χ0) is 14.7. The number of hydrogen-bond acceptors (Lipinski definition) is 3. The van der Waals surface area contributed by atoms with Crippen LogP contribution in [0.3, 0.4) is 0 Å². The Labute approximate surface area is 125 Å². The molecule has 21 heavy (non-hydrogen) atoms. The molecule has 1 heterocycles. The molecule has 5 heteroatoms. The van der Waals surface area contributed by atoms with Crippen molar-refractivity contribution < 1.29 is 14.3 Å². The lowest BCUT2D eigenvalue weighted by atomic mass is 9.87. The van der Waals surface area contributed by atoms with Crippen LogP contribution in [0.5, 0.6) is 5.75 Å². The van der Waals surface area contributed by atoms with E-state index in [2.05, 4.69) is 17.4 Å². The Morgan fingerprint density at radius 3 is 2.95 bits per heavy atom. The number of nitrogens with zero attached hydrogens (tertiary/aromatic N) is 1. The molecule has 1 N–H and O–H groups in total. The first-order chi connectivity index (χ1) is 10.3. The molecule has 1 aliphatic heterocycles. The maximum atomic E-state index is 12.3. The minimum Gasteiger partial charge on any atom is -0.497 e. The fourth-order valence-corrected chi connectivity index (χ4v) is 3.07. The van der Waals surface area contributed by atoms with Gasteiger partial charge >= 0.3 is 6.03 Å². The van der Waals surface area contributed by atoms with E-state index in [1.165, 1.54) is 11.1 Å². The molecule has 3 rings (SSSR count). The average Bonchev–Trinajstić information content (AvgIpc) is 2.55. The molecule has 0 bridgehead atoms. The summed E-state index contributed by atoms with van der Waals surface area (Å²) in [6.07, 6.45) is 3.14. The number of carbonyl (C=O) groups is 1. The smallest absolute Gasteiger partial charge is 0.318 e. The third kappa shape index (κ3) is 3.13. The molecule has 0 spiro atoms.